The molecule has 0 aliphatic rings. The van der Waals surface area contributed by atoms with E-state index in [1.165, 1.54) is 84.5 Å². The molecule has 1 rings (SSSR count). The molecule has 1 N–H and O–H groups in total. The molecule has 0 aliphatic carbocycles. The van der Waals surface area contributed by atoms with Crippen LogP contribution in [0.2, 0.25) is 0 Å². The standard InChI is InChI=1S/C27H48NO5P.2Na/c1-4-5-6-7-8-9-10-11-12-13-14-15-16-20-23-28-25(24-21-18-17-19-22-24)34(31,32)33-27(2,3)26(29)30;;/h17-19,21-22,25,28H,4-16,20,23H2,1-3H3,(H,29,30)(H,31,32);;/q;2*+1/p-2. The molecule has 0 radical (unpaired) electrons. The van der Waals surface area contributed by atoms with Crippen molar-refractivity contribution in [2.75, 3.05) is 6.54 Å². The van der Waals surface area contributed by atoms with Gasteiger partial charge in [-0.25, -0.2) is 0 Å². The zero-order valence-electron chi connectivity index (χ0n) is 23.6. The van der Waals surface area contributed by atoms with Crippen LogP contribution in [0.25, 0.3) is 0 Å². The Morgan fingerprint density at radius 2 is 1.28 bits per heavy atom. The van der Waals surface area contributed by atoms with E-state index in [2.05, 4.69) is 12.2 Å². The normalized spacial score (nSPS) is 13.8. The molecule has 0 saturated carbocycles. The number of rotatable bonds is 21. The van der Waals surface area contributed by atoms with Crippen LogP contribution >= 0.6 is 7.60 Å². The first-order chi connectivity index (χ1) is 16.2. The first-order valence-corrected chi connectivity index (χ1v) is 14.8. The summed E-state index contributed by atoms with van der Waals surface area (Å²) in [6.45, 7) is 5.13. The summed E-state index contributed by atoms with van der Waals surface area (Å²) in [6.07, 6.45) is 17.7. The van der Waals surface area contributed by atoms with Crippen molar-refractivity contribution < 1.29 is 83.0 Å². The van der Waals surface area contributed by atoms with Crippen molar-refractivity contribution in [3.05, 3.63) is 35.9 Å². The van der Waals surface area contributed by atoms with E-state index in [4.69, 9.17) is 4.52 Å². The minimum absolute atomic E-state index is 0. The number of carboxylic acids is 1. The molecule has 0 bridgehead atoms. The Hall–Kier alpha value is 0.800. The summed E-state index contributed by atoms with van der Waals surface area (Å²) in [5.41, 5.74) is -1.40. The average Bonchev–Trinajstić information content (AvgIpc) is 2.78. The van der Waals surface area contributed by atoms with Crippen LogP contribution in [0, 0.1) is 0 Å². The van der Waals surface area contributed by atoms with Gasteiger partial charge in [-0.1, -0.05) is 121 Å². The molecule has 9 heteroatoms. The van der Waals surface area contributed by atoms with Gasteiger partial charge in [-0.15, -0.1) is 0 Å². The second kappa shape index (κ2) is 22.6. The van der Waals surface area contributed by atoms with Crippen molar-refractivity contribution in [3.8, 4) is 0 Å². The number of aliphatic carboxylic acids is 1. The number of benzene rings is 1. The third-order valence-corrected chi connectivity index (χ3v) is 7.97. The van der Waals surface area contributed by atoms with Crippen LogP contribution < -0.4 is 74.4 Å². The molecular formula is C27H46NNa2O5P. The maximum absolute atomic E-state index is 12.9. The summed E-state index contributed by atoms with van der Waals surface area (Å²) in [5, 5.41) is 14.3. The molecule has 0 aliphatic heterocycles. The summed E-state index contributed by atoms with van der Waals surface area (Å²) >= 11 is 0. The van der Waals surface area contributed by atoms with Gasteiger partial charge in [0.2, 0.25) is 0 Å². The molecule has 0 amide bonds. The molecular weight excluding hydrogens is 495 g/mol. The first-order valence-electron chi connectivity index (χ1n) is 13.2. The van der Waals surface area contributed by atoms with E-state index in [0.29, 0.717) is 12.1 Å². The summed E-state index contributed by atoms with van der Waals surface area (Å²) < 4.78 is 17.9. The zero-order chi connectivity index (χ0) is 25.3. The molecule has 1 aromatic carbocycles. The first kappa shape index (κ1) is 38.9. The van der Waals surface area contributed by atoms with Crippen LogP contribution in [0.5, 0.6) is 0 Å². The Labute approximate surface area is 264 Å². The zero-order valence-corrected chi connectivity index (χ0v) is 28.5. The predicted molar refractivity (Wildman–Crippen MR) is 135 cm³/mol. The fourth-order valence-electron chi connectivity index (χ4n) is 4.01. The Morgan fingerprint density at radius 1 is 0.861 bits per heavy atom. The van der Waals surface area contributed by atoms with Crippen molar-refractivity contribution in [1.29, 1.82) is 0 Å². The van der Waals surface area contributed by atoms with Crippen molar-refractivity contribution in [1.82, 2.24) is 5.32 Å². The largest absolute Gasteiger partial charge is 1.00 e. The number of unbranched alkanes of at least 4 members (excludes halogenated alkanes) is 13. The molecule has 196 valence electrons. The SMILES string of the molecule is CCCCCCCCCCCCCCCCNC(c1ccccc1)P(=O)([O-])OC(C)(C)C(=O)[O-].[Na+].[Na+]. The van der Waals surface area contributed by atoms with E-state index in [1.54, 1.807) is 30.3 Å². The third kappa shape index (κ3) is 17.4. The summed E-state index contributed by atoms with van der Waals surface area (Å²) in [5.74, 6) is -2.67. The number of hydrogen-bond acceptors (Lipinski definition) is 6. The van der Waals surface area contributed by atoms with Gasteiger partial charge in [-0.3, -0.25) is 0 Å². The van der Waals surface area contributed by atoms with Crippen molar-refractivity contribution in [3.63, 3.8) is 0 Å². The fourth-order valence-corrected chi connectivity index (χ4v) is 5.72. The molecule has 0 fully saturated rings. The van der Waals surface area contributed by atoms with E-state index in [9.17, 15) is 19.4 Å². The van der Waals surface area contributed by atoms with Gasteiger partial charge in [0.05, 0.1) is 11.8 Å². The molecule has 0 spiro atoms. The molecule has 0 saturated heterocycles. The monoisotopic (exact) mass is 541 g/mol. The molecule has 6 nitrogen and oxygen atoms in total. The van der Waals surface area contributed by atoms with E-state index in [1.807, 2.05) is 0 Å². The van der Waals surface area contributed by atoms with Gasteiger partial charge in [-0.05, 0) is 32.4 Å². The maximum Gasteiger partial charge on any atom is 1.00 e. The Morgan fingerprint density at radius 3 is 1.69 bits per heavy atom. The maximum atomic E-state index is 12.9. The van der Waals surface area contributed by atoms with Gasteiger partial charge < -0.3 is 29.2 Å². The molecule has 2 unspecified atom stereocenters. The predicted octanol–water partition coefficient (Wildman–Crippen LogP) is -0.137. The number of hydrogen-bond donors (Lipinski definition) is 1. The van der Waals surface area contributed by atoms with Crippen LogP contribution in [0.1, 0.15) is 122 Å². The number of carboxylic acid groups (broad SMARTS) is 1. The summed E-state index contributed by atoms with van der Waals surface area (Å²) in [7, 11) is -4.57. The van der Waals surface area contributed by atoms with Crippen LogP contribution in [0.15, 0.2) is 30.3 Å². The van der Waals surface area contributed by atoms with Crippen LogP contribution in [0.4, 0.5) is 0 Å². The van der Waals surface area contributed by atoms with E-state index in [-0.39, 0.29) is 59.1 Å². The number of carbonyl (C=O) groups is 1. The number of nitrogens with one attached hydrogen (secondary N) is 1. The van der Waals surface area contributed by atoms with Crippen LogP contribution in [0.3, 0.4) is 0 Å². The second-order valence-electron chi connectivity index (χ2n) is 9.79. The van der Waals surface area contributed by atoms with Gasteiger partial charge in [0.25, 0.3) is 0 Å². The topological polar surface area (TPSA) is 102 Å². The smallest absolute Gasteiger partial charge is 0.777 e. The molecule has 0 heterocycles. The van der Waals surface area contributed by atoms with Crippen LogP contribution in [-0.2, 0) is 13.9 Å². The van der Waals surface area contributed by atoms with E-state index >= 15 is 0 Å². The summed E-state index contributed by atoms with van der Waals surface area (Å²) in [4.78, 5) is 24.1. The van der Waals surface area contributed by atoms with Gasteiger partial charge in [0.1, 0.15) is 5.60 Å². The van der Waals surface area contributed by atoms with Gasteiger partial charge >= 0.3 is 59.1 Å². The third-order valence-electron chi connectivity index (χ3n) is 6.15. The minimum Gasteiger partial charge on any atom is -0.777 e. The van der Waals surface area contributed by atoms with Gasteiger partial charge in [-0.2, -0.15) is 0 Å². The Balaban J connectivity index is 0. The second-order valence-corrected chi connectivity index (χ2v) is 11.6. The molecule has 1 aromatic rings. The quantitative estimate of drug-likeness (QED) is 0.132. The minimum atomic E-state index is -4.57. The molecule has 2 atom stereocenters. The Bertz CT molecular complexity index is 721. The fraction of sp³-hybridized carbons (Fsp3) is 0.741. The van der Waals surface area contributed by atoms with E-state index < -0.39 is 24.9 Å². The average molecular weight is 542 g/mol. The number of carbonyl (C=O) groups excluding carboxylic acids is 1. The molecule has 0 aromatic heterocycles. The van der Waals surface area contributed by atoms with Gasteiger partial charge in [0.15, 0.2) is 7.60 Å². The van der Waals surface area contributed by atoms with Crippen molar-refractivity contribution in [2.45, 2.75) is 122 Å². The van der Waals surface area contributed by atoms with Crippen molar-refractivity contribution in [2.24, 2.45) is 0 Å². The van der Waals surface area contributed by atoms with Crippen molar-refractivity contribution >= 4 is 13.6 Å². The molecule has 36 heavy (non-hydrogen) atoms. The van der Waals surface area contributed by atoms with Crippen LogP contribution in [-0.4, -0.2) is 18.1 Å². The summed E-state index contributed by atoms with van der Waals surface area (Å²) in [6, 6.07) is 8.70. The Kier molecular flexibility index (Phi) is 24.4. The van der Waals surface area contributed by atoms with E-state index in [0.717, 1.165) is 19.3 Å². The van der Waals surface area contributed by atoms with Gasteiger partial charge in [0, 0.05) is 0 Å².